The molecular weight excluding hydrogens is 210 g/mol. The van der Waals surface area contributed by atoms with E-state index < -0.39 is 0 Å². The predicted molar refractivity (Wildman–Crippen MR) is 74.6 cm³/mol. The van der Waals surface area contributed by atoms with Crippen molar-refractivity contribution >= 4 is 5.91 Å². The van der Waals surface area contributed by atoms with E-state index >= 15 is 0 Å². The van der Waals surface area contributed by atoms with Crippen molar-refractivity contribution in [3.05, 3.63) is 36.1 Å². The molecule has 0 aliphatic rings. The van der Waals surface area contributed by atoms with Crippen molar-refractivity contribution in [3.63, 3.8) is 0 Å². The van der Waals surface area contributed by atoms with Gasteiger partial charge in [-0.25, -0.2) is 0 Å². The summed E-state index contributed by atoms with van der Waals surface area (Å²) in [6, 6.07) is 0. The molecule has 0 spiro atoms. The third kappa shape index (κ3) is 4.59. The van der Waals surface area contributed by atoms with Gasteiger partial charge in [0.25, 0.3) is 0 Å². The van der Waals surface area contributed by atoms with Crippen molar-refractivity contribution < 1.29 is 4.79 Å². The summed E-state index contributed by atoms with van der Waals surface area (Å²) in [7, 11) is 1.82. The van der Waals surface area contributed by atoms with E-state index in [0.29, 0.717) is 0 Å². The largest absolute Gasteiger partial charge is 0.315 e. The van der Waals surface area contributed by atoms with E-state index in [2.05, 4.69) is 6.58 Å². The summed E-state index contributed by atoms with van der Waals surface area (Å²) in [6.07, 6.45) is 7.55. The van der Waals surface area contributed by atoms with Crippen LogP contribution in [0.3, 0.4) is 0 Å². The van der Waals surface area contributed by atoms with Crippen molar-refractivity contribution in [1.29, 1.82) is 0 Å². The maximum absolute atomic E-state index is 12.1. The second-order valence-electron chi connectivity index (χ2n) is 4.24. The second-order valence-corrected chi connectivity index (χ2v) is 4.24. The zero-order valence-corrected chi connectivity index (χ0v) is 11.8. The lowest BCUT2D eigenvalue weighted by Gasteiger charge is -2.24. The van der Waals surface area contributed by atoms with Gasteiger partial charge in [0.05, 0.1) is 0 Å². The normalized spacial score (nSPS) is 13.8. The van der Waals surface area contributed by atoms with Crippen LogP contribution in [0.4, 0.5) is 0 Å². The average molecular weight is 235 g/mol. The van der Waals surface area contributed by atoms with Gasteiger partial charge in [-0.2, -0.15) is 0 Å². The number of amides is 1. The van der Waals surface area contributed by atoms with E-state index in [0.717, 1.165) is 24.1 Å². The average Bonchev–Trinajstić information content (AvgIpc) is 2.36. The molecular formula is C15H25NO. The third-order valence-corrected chi connectivity index (χ3v) is 2.96. The Morgan fingerprint density at radius 1 is 1.41 bits per heavy atom. The highest BCUT2D eigenvalue weighted by molar-refractivity contribution is 5.80. The molecule has 0 aromatic rings. The first-order valence-corrected chi connectivity index (χ1v) is 6.28. The van der Waals surface area contributed by atoms with Gasteiger partial charge in [0.15, 0.2) is 0 Å². The van der Waals surface area contributed by atoms with Crippen LogP contribution in [0.5, 0.6) is 0 Å². The molecule has 0 aliphatic carbocycles. The molecule has 0 bridgehead atoms. The van der Waals surface area contributed by atoms with Gasteiger partial charge in [-0.15, -0.1) is 0 Å². The number of hydrogen-bond acceptors (Lipinski definition) is 1. The SMILES string of the molecule is C=C(CC)/C(=C\C=C/C)N(C)C(=O)C(C)CC. The lowest BCUT2D eigenvalue weighted by Crippen LogP contribution is -2.31. The van der Waals surface area contributed by atoms with E-state index in [1.54, 1.807) is 4.90 Å². The van der Waals surface area contributed by atoms with Crippen LogP contribution in [0.25, 0.3) is 0 Å². The zero-order valence-electron chi connectivity index (χ0n) is 11.8. The standard InChI is InChI=1S/C15H25NO/c1-7-10-11-14(12(4)8-2)16(6)15(17)13(5)9-3/h7,10-11,13H,4,8-9H2,1-3,5-6H3/b10-7-,14-11+. The van der Waals surface area contributed by atoms with Crippen LogP contribution in [0.1, 0.15) is 40.5 Å². The highest BCUT2D eigenvalue weighted by atomic mass is 16.2. The monoisotopic (exact) mass is 235 g/mol. The molecule has 0 fully saturated rings. The smallest absolute Gasteiger partial charge is 0.229 e. The van der Waals surface area contributed by atoms with E-state index in [4.69, 9.17) is 0 Å². The van der Waals surface area contributed by atoms with Crippen molar-refractivity contribution in [2.75, 3.05) is 7.05 Å². The van der Waals surface area contributed by atoms with Gasteiger partial charge < -0.3 is 4.90 Å². The Morgan fingerprint density at radius 3 is 2.41 bits per heavy atom. The lowest BCUT2D eigenvalue weighted by atomic mass is 10.1. The highest BCUT2D eigenvalue weighted by Crippen LogP contribution is 2.18. The zero-order chi connectivity index (χ0) is 13.4. The van der Waals surface area contributed by atoms with E-state index in [-0.39, 0.29) is 11.8 Å². The van der Waals surface area contributed by atoms with Crippen LogP contribution in [-0.2, 0) is 4.79 Å². The maximum Gasteiger partial charge on any atom is 0.229 e. The molecule has 0 N–H and O–H groups in total. The van der Waals surface area contributed by atoms with Gasteiger partial charge in [0, 0.05) is 18.7 Å². The first kappa shape index (κ1) is 15.7. The summed E-state index contributed by atoms with van der Waals surface area (Å²) >= 11 is 0. The minimum atomic E-state index is 0.0543. The van der Waals surface area contributed by atoms with Gasteiger partial charge in [-0.3, -0.25) is 4.79 Å². The predicted octanol–water partition coefficient (Wildman–Crippen LogP) is 3.92. The number of carbonyl (C=O) groups is 1. The molecule has 0 heterocycles. The van der Waals surface area contributed by atoms with Crippen LogP contribution in [0.15, 0.2) is 36.1 Å². The third-order valence-electron chi connectivity index (χ3n) is 2.96. The molecule has 0 aromatic carbocycles. The van der Waals surface area contributed by atoms with Crippen molar-refractivity contribution in [1.82, 2.24) is 4.90 Å². The van der Waals surface area contributed by atoms with Crippen LogP contribution in [-0.4, -0.2) is 17.9 Å². The minimum Gasteiger partial charge on any atom is -0.315 e. The minimum absolute atomic E-state index is 0.0543. The lowest BCUT2D eigenvalue weighted by molar-refractivity contribution is -0.131. The number of nitrogens with zero attached hydrogens (tertiary/aromatic N) is 1. The first-order valence-electron chi connectivity index (χ1n) is 6.28. The molecule has 0 saturated carbocycles. The molecule has 2 heteroatoms. The molecule has 96 valence electrons. The molecule has 0 aromatic heterocycles. The number of rotatable bonds is 6. The van der Waals surface area contributed by atoms with Gasteiger partial charge in [-0.05, 0) is 31.4 Å². The Morgan fingerprint density at radius 2 is 2.00 bits per heavy atom. The van der Waals surface area contributed by atoms with Gasteiger partial charge in [0.2, 0.25) is 5.91 Å². The molecule has 0 aliphatic heterocycles. The Balaban J connectivity index is 5.06. The topological polar surface area (TPSA) is 20.3 Å². The molecule has 0 radical (unpaired) electrons. The van der Waals surface area contributed by atoms with Gasteiger partial charge in [0.1, 0.15) is 0 Å². The van der Waals surface area contributed by atoms with Crippen molar-refractivity contribution in [2.24, 2.45) is 5.92 Å². The highest BCUT2D eigenvalue weighted by Gasteiger charge is 2.19. The summed E-state index contributed by atoms with van der Waals surface area (Å²) in [4.78, 5) is 13.8. The number of hydrogen-bond donors (Lipinski definition) is 0. The molecule has 17 heavy (non-hydrogen) atoms. The number of allylic oxidation sites excluding steroid dienone is 4. The first-order chi connectivity index (χ1) is 7.99. The molecule has 1 atom stereocenters. The fraction of sp³-hybridized carbons (Fsp3) is 0.533. The summed E-state index contributed by atoms with van der Waals surface area (Å²) in [5.74, 6) is 0.205. The Labute approximate surface area is 106 Å². The molecule has 1 amide bonds. The quantitative estimate of drug-likeness (QED) is 0.639. The van der Waals surface area contributed by atoms with Crippen molar-refractivity contribution in [2.45, 2.75) is 40.5 Å². The Kier molecular flexibility index (Phi) is 7.27. The number of likely N-dealkylation sites (N-methyl/N-ethyl adjacent to an activating group) is 1. The summed E-state index contributed by atoms with van der Waals surface area (Å²) in [6.45, 7) is 12.0. The number of carbonyl (C=O) groups excluding carboxylic acids is 1. The second kappa shape index (κ2) is 7.88. The van der Waals surface area contributed by atoms with E-state index in [1.165, 1.54) is 0 Å². The molecule has 1 unspecified atom stereocenters. The van der Waals surface area contributed by atoms with Gasteiger partial charge >= 0.3 is 0 Å². The summed E-state index contributed by atoms with van der Waals surface area (Å²) < 4.78 is 0. The van der Waals surface area contributed by atoms with E-state index in [9.17, 15) is 4.79 Å². The fourth-order valence-corrected chi connectivity index (χ4v) is 1.46. The van der Waals surface area contributed by atoms with Crippen LogP contribution >= 0.6 is 0 Å². The summed E-state index contributed by atoms with van der Waals surface area (Å²) in [5.41, 5.74) is 1.90. The Bertz CT molecular complexity index is 326. The van der Waals surface area contributed by atoms with E-state index in [1.807, 2.05) is 53.0 Å². The van der Waals surface area contributed by atoms with Crippen LogP contribution < -0.4 is 0 Å². The van der Waals surface area contributed by atoms with Crippen molar-refractivity contribution in [3.8, 4) is 0 Å². The van der Waals surface area contributed by atoms with Crippen LogP contribution in [0.2, 0.25) is 0 Å². The summed E-state index contributed by atoms with van der Waals surface area (Å²) in [5, 5.41) is 0. The van der Waals surface area contributed by atoms with Crippen LogP contribution in [0, 0.1) is 5.92 Å². The molecule has 0 rings (SSSR count). The molecule has 2 nitrogen and oxygen atoms in total. The maximum atomic E-state index is 12.1. The van der Waals surface area contributed by atoms with Gasteiger partial charge in [-0.1, -0.05) is 39.5 Å². The molecule has 0 saturated heterocycles. The Hall–Kier alpha value is -1.31. The fourth-order valence-electron chi connectivity index (χ4n) is 1.46.